The molecule has 0 spiro atoms. The standard InChI is InChI=1S/C7H10F2O4/c1-4(10)13-6(2,3)7(8,9)5(11)12/h1-3H3,(H,11,12). The molecule has 0 saturated carbocycles. The molecule has 0 aromatic rings. The van der Waals surface area contributed by atoms with E-state index in [4.69, 9.17) is 5.11 Å². The Morgan fingerprint density at radius 2 is 1.69 bits per heavy atom. The second-order valence-electron chi connectivity index (χ2n) is 2.98. The molecule has 0 aliphatic carbocycles. The lowest BCUT2D eigenvalue weighted by atomic mass is 10.0. The number of halogens is 2. The van der Waals surface area contributed by atoms with E-state index in [2.05, 4.69) is 4.74 Å². The summed E-state index contributed by atoms with van der Waals surface area (Å²) < 4.78 is 29.8. The number of ether oxygens (including phenoxy) is 1. The molecule has 0 aliphatic rings. The fourth-order valence-corrected chi connectivity index (χ4v) is 0.681. The van der Waals surface area contributed by atoms with Gasteiger partial charge < -0.3 is 9.84 Å². The van der Waals surface area contributed by atoms with Crippen molar-refractivity contribution in [2.75, 3.05) is 0 Å². The SMILES string of the molecule is CC(=O)OC(C)(C)C(F)(F)C(=O)O. The highest BCUT2D eigenvalue weighted by Crippen LogP contribution is 2.31. The van der Waals surface area contributed by atoms with Crippen LogP contribution in [-0.2, 0) is 14.3 Å². The van der Waals surface area contributed by atoms with Gasteiger partial charge in [-0.25, -0.2) is 4.79 Å². The van der Waals surface area contributed by atoms with Gasteiger partial charge in [-0.05, 0) is 13.8 Å². The molecule has 0 aliphatic heterocycles. The third-order valence-corrected chi connectivity index (χ3v) is 1.42. The summed E-state index contributed by atoms with van der Waals surface area (Å²) in [5.74, 6) is -7.37. The number of aliphatic carboxylic acids is 1. The van der Waals surface area contributed by atoms with Gasteiger partial charge in [-0.1, -0.05) is 0 Å². The van der Waals surface area contributed by atoms with Crippen LogP contribution in [0.2, 0.25) is 0 Å². The van der Waals surface area contributed by atoms with E-state index in [0.29, 0.717) is 0 Å². The largest absolute Gasteiger partial charge is 0.477 e. The quantitative estimate of drug-likeness (QED) is 0.685. The molecule has 0 aromatic heterocycles. The summed E-state index contributed by atoms with van der Waals surface area (Å²) in [6.45, 7) is 2.60. The van der Waals surface area contributed by atoms with E-state index in [9.17, 15) is 18.4 Å². The molecule has 0 amide bonds. The van der Waals surface area contributed by atoms with Crippen molar-refractivity contribution in [1.29, 1.82) is 0 Å². The zero-order valence-corrected chi connectivity index (χ0v) is 7.43. The Hall–Kier alpha value is -1.20. The zero-order chi connectivity index (χ0) is 10.9. The summed E-state index contributed by atoms with van der Waals surface area (Å²) in [5, 5.41) is 8.15. The maximum atomic E-state index is 12.8. The van der Waals surface area contributed by atoms with Crippen LogP contribution in [-0.4, -0.2) is 28.6 Å². The molecule has 0 atom stereocenters. The first-order valence-electron chi connectivity index (χ1n) is 3.42. The van der Waals surface area contributed by atoms with Crippen LogP contribution >= 0.6 is 0 Å². The number of carboxylic acid groups (broad SMARTS) is 1. The molecule has 0 aromatic carbocycles. The van der Waals surface area contributed by atoms with Gasteiger partial charge in [-0.2, -0.15) is 8.78 Å². The maximum absolute atomic E-state index is 12.8. The van der Waals surface area contributed by atoms with Crippen LogP contribution in [0.4, 0.5) is 8.78 Å². The fraction of sp³-hybridized carbons (Fsp3) is 0.714. The minimum absolute atomic E-state index is 0.836. The van der Waals surface area contributed by atoms with Crippen LogP contribution in [0.15, 0.2) is 0 Å². The lowest BCUT2D eigenvalue weighted by molar-refractivity contribution is -0.212. The van der Waals surface area contributed by atoms with Crippen molar-refractivity contribution in [1.82, 2.24) is 0 Å². The Labute approximate surface area is 73.5 Å². The topological polar surface area (TPSA) is 63.6 Å². The minimum Gasteiger partial charge on any atom is -0.477 e. The van der Waals surface area contributed by atoms with E-state index in [1.165, 1.54) is 0 Å². The van der Waals surface area contributed by atoms with Crippen LogP contribution < -0.4 is 0 Å². The highest BCUT2D eigenvalue weighted by molar-refractivity contribution is 5.78. The summed E-state index contributed by atoms with van der Waals surface area (Å²) in [7, 11) is 0. The monoisotopic (exact) mass is 196 g/mol. The minimum atomic E-state index is -4.10. The Kier molecular flexibility index (Phi) is 2.97. The van der Waals surface area contributed by atoms with Gasteiger partial charge in [-0.3, -0.25) is 4.79 Å². The lowest BCUT2D eigenvalue weighted by Crippen LogP contribution is -2.51. The average Bonchev–Trinajstić information content (AvgIpc) is 1.83. The number of carboxylic acids is 1. The van der Waals surface area contributed by atoms with Crippen LogP contribution in [0, 0.1) is 0 Å². The first-order valence-corrected chi connectivity index (χ1v) is 3.42. The molecule has 0 saturated heterocycles. The van der Waals surface area contributed by atoms with E-state index in [0.717, 1.165) is 20.8 Å². The summed E-state index contributed by atoms with van der Waals surface area (Å²) in [6.07, 6.45) is 0. The van der Waals surface area contributed by atoms with E-state index in [-0.39, 0.29) is 0 Å². The normalized spacial score (nSPS) is 12.4. The Morgan fingerprint density at radius 1 is 1.31 bits per heavy atom. The Morgan fingerprint density at radius 3 is 1.92 bits per heavy atom. The lowest BCUT2D eigenvalue weighted by Gasteiger charge is -2.29. The molecule has 13 heavy (non-hydrogen) atoms. The molecule has 0 rings (SSSR count). The molecule has 0 bridgehead atoms. The molecule has 76 valence electrons. The van der Waals surface area contributed by atoms with Crippen molar-refractivity contribution in [2.45, 2.75) is 32.3 Å². The van der Waals surface area contributed by atoms with Crippen LogP contribution in [0.25, 0.3) is 0 Å². The summed E-state index contributed by atoms with van der Waals surface area (Å²) in [5.41, 5.74) is -2.34. The van der Waals surface area contributed by atoms with Gasteiger partial charge in [0.25, 0.3) is 0 Å². The van der Waals surface area contributed by atoms with Crippen LogP contribution in [0.3, 0.4) is 0 Å². The predicted molar refractivity (Wildman–Crippen MR) is 38.4 cm³/mol. The van der Waals surface area contributed by atoms with Crippen molar-refractivity contribution in [3.63, 3.8) is 0 Å². The first-order chi connectivity index (χ1) is 5.61. The van der Waals surface area contributed by atoms with E-state index < -0.39 is 23.5 Å². The molecule has 6 heteroatoms. The number of hydrogen-bond donors (Lipinski definition) is 1. The zero-order valence-electron chi connectivity index (χ0n) is 7.43. The molecule has 1 N–H and O–H groups in total. The summed E-state index contributed by atoms with van der Waals surface area (Å²) in [4.78, 5) is 20.5. The Balaban J connectivity index is 4.80. The van der Waals surface area contributed by atoms with Crippen molar-refractivity contribution in [2.24, 2.45) is 0 Å². The van der Waals surface area contributed by atoms with Crippen molar-refractivity contribution in [3.8, 4) is 0 Å². The number of esters is 1. The maximum Gasteiger partial charge on any atom is 0.380 e. The highest BCUT2D eigenvalue weighted by atomic mass is 19.3. The van der Waals surface area contributed by atoms with Gasteiger partial charge in [0.15, 0.2) is 5.60 Å². The molecular formula is C7H10F2O4. The number of carbonyl (C=O) groups is 2. The van der Waals surface area contributed by atoms with E-state index in [1.54, 1.807) is 0 Å². The molecular weight excluding hydrogens is 186 g/mol. The highest BCUT2D eigenvalue weighted by Gasteiger charge is 2.56. The second-order valence-corrected chi connectivity index (χ2v) is 2.98. The molecule has 0 radical (unpaired) electrons. The molecule has 0 heterocycles. The fourth-order valence-electron chi connectivity index (χ4n) is 0.681. The van der Waals surface area contributed by atoms with Crippen molar-refractivity contribution >= 4 is 11.9 Å². The van der Waals surface area contributed by atoms with Crippen molar-refractivity contribution < 1.29 is 28.2 Å². The second kappa shape index (κ2) is 3.27. The summed E-state index contributed by atoms with van der Waals surface area (Å²) >= 11 is 0. The third kappa shape index (κ3) is 2.37. The average molecular weight is 196 g/mol. The third-order valence-electron chi connectivity index (χ3n) is 1.42. The van der Waals surface area contributed by atoms with Gasteiger partial charge in [0, 0.05) is 6.92 Å². The molecule has 4 nitrogen and oxygen atoms in total. The molecule has 0 fully saturated rings. The van der Waals surface area contributed by atoms with Gasteiger partial charge in [0.05, 0.1) is 0 Å². The number of alkyl halides is 2. The number of hydrogen-bond acceptors (Lipinski definition) is 3. The van der Waals surface area contributed by atoms with Crippen LogP contribution in [0.1, 0.15) is 20.8 Å². The van der Waals surface area contributed by atoms with Gasteiger partial charge >= 0.3 is 17.9 Å². The predicted octanol–water partition coefficient (Wildman–Crippen LogP) is 1.05. The van der Waals surface area contributed by atoms with E-state index >= 15 is 0 Å². The van der Waals surface area contributed by atoms with E-state index in [1.807, 2.05) is 0 Å². The number of rotatable bonds is 3. The summed E-state index contributed by atoms with van der Waals surface area (Å²) in [6, 6.07) is 0. The van der Waals surface area contributed by atoms with Gasteiger partial charge in [-0.15, -0.1) is 0 Å². The van der Waals surface area contributed by atoms with Crippen LogP contribution in [0.5, 0.6) is 0 Å². The molecule has 0 unspecified atom stereocenters. The van der Waals surface area contributed by atoms with Gasteiger partial charge in [0.2, 0.25) is 0 Å². The van der Waals surface area contributed by atoms with Gasteiger partial charge in [0.1, 0.15) is 0 Å². The smallest absolute Gasteiger partial charge is 0.380 e. The van der Waals surface area contributed by atoms with Crippen molar-refractivity contribution in [3.05, 3.63) is 0 Å². The first kappa shape index (κ1) is 11.8. The Bertz CT molecular complexity index is 235. The number of carbonyl (C=O) groups excluding carboxylic acids is 1.